The maximum Gasteiger partial charge on any atom is 0.230 e. The van der Waals surface area contributed by atoms with Gasteiger partial charge in [0.25, 0.3) is 0 Å². The Labute approximate surface area is 189 Å². The average Bonchev–Trinajstić information content (AvgIpc) is 2.79. The summed E-state index contributed by atoms with van der Waals surface area (Å²) in [4.78, 5) is 26.4. The minimum absolute atomic E-state index is 0.0269. The Kier molecular flexibility index (Phi) is 6.65. The standard InChI is InChI=1S/C23H22BrClN4O/c24-18-4-7-21(8-5-18)29(16-20-3-1-2-12-26-20)23(30)17-10-13-28(14-11-17)22-9-6-19(25)15-27-22/h1-9,12,15,17H,10-11,13-14,16H2. The lowest BCUT2D eigenvalue weighted by Gasteiger charge is -2.35. The molecule has 0 spiro atoms. The topological polar surface area (TPSA) is 49.3 Å². The van der Waals surface area contributed by atoms with Gasteiger partial charge in [0.15, 0.2) is 0 Å². The van der Waals surface area contributed by atoms with Gasteiger partial charge in [-0.15, -0.1) is 0 Å². The maximum atomic E-state index is 13.5. The highest BCUT2D eigenvalue weighted by atomic mass is 79.9. The number of hydrogen-bond acceptors (Lipinski definition) is 4. The number of nitrogens with zero attached hydrogens (tertiary/aromatic N) is 4. The first kappa shape index (κ1) is 20.8. The number of piperidine rings is 1. The van der Waals surface area contributed by atoms with Gasteiger partial charge in [0.2, 0.25) is 5.91 Å². The summed E-state index contributed by atoms with van der Waals surface area (Å²) >= 11 is 9.42. The van der Waals surface area contributed by atoms with Gasteiger partial charge < -0.3 is 9.80 Å². The van der Waals surface area contributed by atoms with E-state index in [1.165, 1.54) is 0 Å². The molecular formula is C23H22BrClN4O. The Morgan fingerprint density at radius 2 is 1.83 bits per heavy atom. The lowest BCUT2D eigenvalue weighted by atomic mass is 9.94. The number of halogens is 2. The molecule has 0 saturated carbocycles. The Balaban J connectivity index is 1.49. The van der Waals surface area contributed by atoms with Crippen molar-refractivity contribution in [1.82, 2.24) is 9.97 Å². The number of benzene rings is 1. The van der Waals surface area contributed by atoms with E-state index in [2.05, 4.69) is 30.8 Å². The molecule has 0 bridgehead atoms. The summed E-state index contributed by atoms with van der Waals surface area (Å²) in [5.41, 5.74) is 1.76. The molecule has 5 nitrogen and oxygen atoms in total. The SMILES string of the molecule is O=C(C1CCN(c2ccc(Cl)cn2)CC1)N(Cc1ccccn1)c1ccc(Br)cc1. The van der Waals surface area contributed by atoms with E-state index >= 15 is 0 Å². The molecule has 0 N–H and O–H groups in total. The first-order valence-electron chi connectivity index (χ1n) is 9.93. The third-order valence-corrected chi connectivity index (χ3v) is 6.08. The van der Waals surface area contributed by atoms with Gasteiger partial charge in [-0.05, 0) is 61.4 Å². The van der Waals surface area contributed by atoms with E-state index in [4.69, 9.17) is 11.6 Å². The summed E-state index contributed by atoms with van der Waals surface area (Å²) in [5.74, 6) is 1.02. The smallest absolute Gasteiger partial charge is 0.230 e. The van der Waals surface area contributed by atoms with E-state index < -0.39 is 0 Å². The molecule has 2 aromatic heterocycles. The van der Waals surface area contributed by atoms with Crippen LogP contribution < -0.4 is 9.80 Å². The highest BCUT2D eigenvalue weighted by molar-refractivity contribution is 9.10. The van der Waals surface area contributed by atoms with Crippen LogP contribution in [0.2, 0.25) is 5.02 Å². The van der Waals surface area contributed by atoms with Crippen molar-refractivity contribution >= 4 is 44.9 Å². The monoisotopic (exact) mass is 484 g/mol. The van der Waals surface area contributed by atoms with Crippen molar-refractivity contribution < 1.29 is 4.79 Å². The van der Waals surface area contributed by atoms with Gasteiger partial charge in [-0.1, -0.05) is 33.6 Å². The second-order valence-corrected chi connectivity index (χ2v) is 8.67. The summed E-state index contributed by atoms with van der Waals surface area (Å²) in [5, 5.41) is 0.628. The molecule has 30 heavy (non-hydrogen) atoms. The molecule has 154 valence electrons. The lowest BCUT2D eigenvalue weighted by molar-refractivity contribution is -0.123. The van der Waals surface area contributed by atoms with Crippen LogP contribution in [0, 0.1) is 5.92 Å². The minimum atomic E-state index is -0.0269. The van der Waals surface area contributed by atoms with Crippen molar-refractivity contribution in [2.45, 2.75) is 19.4 Å². The number of anilines is 2. The Morgan fingerprint density at radius 3 is 2.47 bits per heavy atom. The number of pyridine rings is 2. The zero-order valence-electron chi connectivity index (χ0n) is 16.4. The molecule has 1 saturated heterocycles. The van der Waals surface area contributed by atoms with Gasteiger partial charge in [0.1, 0.15) is 5.82 Å². The molecule has 0 atom stereocenters. The van der Waals surface area contributed by atoms with Crippen LogP contribution in [0.4, 0.5) is 11.5 Å². The lowest BCUT2D eigenvalue weighted by Crippen LogP contribution is -2.43. The summed E-state index contributed by atoms with van der Waals surface area (Å²) in [6.45, 7) is 2.05. The molecule has 1 aromatic carbocycles. The van der Waals surface area contributed by atoms with Crippen LogP contribution in [-0.2, 0) is 11.3 Å². The number of aromatic nitrogens is 2. The third kappa shape index (κ3) is 4.99. The molecule has 1 aliphatic rings. The van der Waals surface area contributed by atoms with Crippen molar-refractivity contribution in [3.8, 4) is 0 Å². The van der Waals surface area contributed by atoms with Crippen LogP contribution in [0.25, 0.3) is 0 Å². The first-order valence-corrected chi connectivity index (χ1v) is 11.1. The highest BCUT2D eigenvalue weighted by Gasteiger charge is 2.30. The predicted octanol–water partition coefficient (Wildman–Crippen LogP) is 5.34. The second kappa shape index (κ2) is 9.58. The molecule has 3 heterocycles. The van der Waals surface area contributed by atoms with Crippen LogP contribution in [-0.4, -0.2) is 29.0 Å². The second-order valence-electron chi connectivity index (χ2n) is 7.32. The number of carbonyl (C=O) groups excluding carboxylic acids is 1. The van der Waals surface area contributed by atoms with Crippen molar-refractivity contribution in [3.05, 3.63) is 82.2 Å². The first-order chi connectivity index (χ1) is 14.6. The fourth-order valence-corrected chi connectivity index (χ4v) is 4.08. The Morgan fingerprint density at radius 1 is 1.07 bits per heavy atom. The summed E-state index contributed by atoms with van der Waals surface area (Å²) < 4.78 is 0.986. The van der Waals surface area contributed by atoms with E-state index in [9.17, 15) is 4.79 Å². The average molecular weight is 486 g/mol. The summed E-state index contributed by atoms with van der Waals surface area (Å²) in [6, 6.07) is 17.4. The number of amides is 1. The third-order valence-electron chi connectivity index (χ3n) is 5.33. The zero-order chi connectivity index (χ0) is 20.9. The fourth-order valence-electron chi connectivity index (χ4n) is 3.70. The van der Waals surface area contributed by atoms with Crippen molar-refractivity contribution in [2.75, 3.05) is 22.9 Å². The van der Waals surface area contributed by atoms with E-state index in [-0.39, 0.29) is 11.8 Å². The summed E-state index contributed by atoms with van der Waals surface area (Å²) in [6.07, 6.45) is 5.00. The van der Waals surface area contributed by atoms with E-state index in [1.807, 2.05) is 59.5 Å². The van der Waals surface area contributed by atoms with Crippen molar-refractivity contribution in [1.29, 1.82) is 0 Å². The largest absolute Gasteiger partial charge is 0.357 e. The van der Waals surface area contributed by atoms with Gasteiger partial charge in [0, 0.05) is 41.6 Å². The molecule has 1 amide bonds. The molecule has 1 aliphatic heterocycles. The summed E-state index contributed by atoms with van der Waals surface area (Å²) in [7, 11) is 0. The van der Waals surface area contributed by atoms with Crippen LogP contribution >= 0.6 is 27.5 Å². The maximum absolute atomic E-state index is 13.5. The van der Waals surface area contributed by atoms with Gasteiger partial charge in [-0.3, -0.25) is 9.78 Å². The number of carbonyl (C=O) groups is 1. The number of hydrogen-bond donors (Lipinski definition) is 0. The van der Waals surface area contributed by atoms with Gasteiger partial charge in [-0.25, -0.2) is 4.98 Å². The van der Waals surface area contributed by atoms with Crippen LogP contribution in [0.3, 0.4) is 0 Å². The Bertz CT molecular complexity index is 974. The van der Waals surface area contributed by atoms with E-state index in [0.717, 1.165) is 47.6 Å². The predicted molar refractivity (Wildman–Crippen MR) is 124 cm³/mol. The minimum Gasteiger partial charge on any atom is -0.357 e. The molecule has 3 aromatic rings. The quantitative estimate of drug-likeness (QED) is 0.489. The fraction of sp³-hybridized carbons (Fsp3) is 0.261. The van der Waals surface area contributed by atoms with Gasteiger partial charge in [0.05, 0.1) is 17.3 Å². The normalized spacial score (nSPS) is 14.5. The molecule has 0 aliphatic carbocycles. The van der Waals surface area contributed by atoms with Crippen LogP contribution in [0.5, 0.6) is 0 Å². The molecule has 4 rings (SSSR count). The zero-order valence-corrected chi connectivity index (χ0v) is 18.8. The van der Waals surface area contributed by atoms with Crippen molar-refractivity contribution in [3.63, 3.8) is 0 Å². The molecule has 0 unspecified atom stereocenters. The Hall–Kier alpha value is -2.44. The van der Waals surface area contributed by atoms with E-state index in [0.29, 0.717) is 11.6 Å². The number of rotatable bonds is 5. The molecule has 0 radical (unpaired) electrons. The molecule has 1 fully saturated rings. The highest BCUT2D eigenvalue weighted by Crippen LogP contribution is 2.28. The van der Waals surface area contributed by atoms with E-state index in [1.54, 1.807) is 12.4 Å². The van der Waals surface area contributed by atoms with Gasteiger partial charge >= 0.3 is 0 Å². The van der Waals surface area contributed by atoms with Crippen molar-refractivity contribution in [2.24, 2.45) is 5.92 Å². The molecular weight excluding hydrogens is 464 g/mol. The van der Waals surface area contributed by atoms with Gasteiger partial charge in [-0.2, -0.15) is 0 Å². The molecule has 7 heteroatoms. The van der Waals surface area contributed by atoms with Crippen LogP contribution in [0.15, 0.2) is 71.5 Å². The van der Waals surface area contributed by atoms with Crippen LogP contribution in [0.1, 0.15) is 18.5 Å².